The molecule has 0 radical (unpaired) electrons. The van der Waals surface area contributed by atoms with Crippen LogP contribution in [0.1, 0.15) is 77.3 Å². The van der Waals surface area contributed by atoms with E-state index in [1.165, 1.54) is 4.90 Å². The van der Waals surface area contributed by atoms with Crippen LogP contribution in [0.5, 0.6) is 5.75 Å². The van der Waals surface area contributed by atoms with Crippen LogP contribution in [0.25, 0.3) is 0 Å². The van der Waals surface area contributed by atoms with Gasteiger partial charge < -0.3 is 19.1 Å². The number of ether oxygens (including phenoxy) is 1. The van der Waals surface area contributed by atoms with Crippen molar-refractivity contribution in [1.29, 1.82) is 0 Å². The number of aryl methyl sites for hydroxylation is 1. The number of carbonyl (C=O) groups excluding carboxylic acids is 2. The second-order valence-corrected chi connectivity index (χ2v) is 9.54. The maximum atomic E-state index is 13.4. The Bertz CT molecular complexity index is 1060. The minimum Gasteiger partial charge on any atom is -0.492 e. The van der Waals surface area contributed by atoms with Crippen LogP contribution in [-0.2, 0) is 0 Å². The quantitative estimate of drug-likeness (QED) is 0.619. The van der Waals surface area contributed by atoms with Gasteiger partial charge in [0.25, 0.3) is 11.8 Å². The normalized spacial score (nSPS) is 16.5. The largest absolute Gasteiger partial charge is 0.492 e. The Morgan fingerprint density at radius 3 is 2.29 bits per heavy atom. The fraction of sp³-hybridized carbons (Fsp3) is 0.519. The van der Waals surface area contributed by atoms with Crippen LogP contribution in [0.3, 0.4) is 0 Å². The SMILES string of the molecule is Cc1ccc(OCCN(C)C(=O)c2cn(C3CCCC3)cc(C(=O)N3CCCCC3)c2=O)cc1. The monoisotopic (exact) mass is 465 g/mol. The molecule has 0 bridgehead atoms. The molecule has 0 atom stereocenters. The number of amides is 2. The number of hydrogen-bond donors (Lipinski definition) is 0. The summed E-state index contributed by atoms with van der Waals surface area (Å²) >= 11 is 0. The van der Waals surface area contributed by atoms with E-state index in [1.807, 2.05) is 35.8 Å². The van der Waals surface area contributed by atoms with Gasteiger partial charge in [-0.3, -0.25) is 14.4 Å². The van der Waals surface area contributed by atoms with Gasteiger partial charge in [0, 0.05) is 38.6 Å². The lowest BCUT2D eigenvalue weighted by molar-refractivity contribution is 0.0721. The highest BCUT2D eigenvalue weighted by Crippen LogP contribution is 2.29. The van der Waals surface area contributed by atoms with Crippen molar-refractivity contribution in [2.45, 2.75) is 57.9 Å². The molecule has 1 aliphatic carbocycles. The van der Waals surface area contributed by atoms with Gasteiger partial charge in [-0.05, 0) is 51.2 Å². The molecule has 2 amide bonds. The van der Waals surface area contributed by atoms with Crippen molar-refractivity contribution in [3.63, 3.8) is 0 Å². The maximum absolute atomic E-state index is 13.4. The van der Waals surface area contributed by atoms with Crippen LogP contribution in [0, 0.1) is 6.92 Å². The number of benzene rings is 1. The third-order valence-corrected chi connectivity index (χ3v) is 6.96. The van der Waals surface area contributed by atoms with Crippen molar-refractivity contribution >= 4 is 11.8 Å². The van der Waals surface area contributed by atoms with E-state index in [2.05, 4.69) is 0 Å². The highest BCUT2D eigenvalue weighted by atomic mass is 16.5. The summed E-state index contributed by atoms with van der Waals surface area (Å²) in [6.07, 6.45) is 10.6. The maximum Gasteiger partial charge on any atom is 0.259 e. The minimum absolute atomic E-state index is 0.0626. The Morgan fingerprint density at radius 2 is 1.62 bits per heavy atom. The van der Waals surface area contributed by atoms with E-state index < -0.39 is 5.43 Å². The molecular formula is C27H35N3O4. The number of nitrogens with zero attached hydrogens (tertiary/aromatic N) is 3. The van der Waals surface area contributed by atoms with E-state index in [1.54, 1.807) is 24.3 Å². The molecule has 7 nitrogen and oxygen atoms in total. The Balaban J connectivity index is 1.54. The molecule has 0 N–H and O–H groups in total. The van der Waals surface area contributed by atoms with Gasteiger partial charge in [0.05, 0.1) is 6.54 Å². The number of hydrogen-bond acceptors (Lipinski definition) is 4. The molecule has 7 heteroatoms. The Morgan fingerprint density at radius 1 is 0.971 bits per heavy atom. The van der Waals surface area contributed by atoms with E-state index in [4.69, 9.17) is 4.74 Å². The van der Waals surface area contributed by atoms with Gasteiger partial charge >= 0.3 is 0 Å². The van der Waals surface area contributed by atoms with E-state index in [0.717, 1.165) is 56.3 Å². The molecule has 4 rings (SSSR count). The third kappa shape index (κ3) is 5.51. The fourth-order valence-corrected chi connectivity index (χ4v) is 4.83. The lowest BCUT2D eigenvalue weighted by Crippen LogP contribution is -2.41. The van der Waals surface area contributed by atoms with E-state index >= 15 is 0 Å². The number of likely N-dealkylation sites (tertiary alicyclic amines) is 1. The number of carbonyl (C=O) groups is 2. The van der Waals surface area contributed by atoms with Gasteiger partial charge in [-0.15, -0.1) is 0 Å². The summed E-state index contributed by atoms with van der Waals surface area (Å²) in [7, 11) is 1.67. The van der Waals surface area contributed by atoms with Crippen molar-refractivity contribution in [1.82, 2.24) is 14.4 Å². The zero-order chi connectivity index (χ0) is 24.1. The summed E-state index contributed by atoms with van der Waals surface area (Å²) in [5, 5.41) is 0. The number of aromatic nitrogens is 1. The first-order valence-corrected chi connectivity index (χ1v) is 12.4. The Kier molecular flexibility index (Phi) is 7.70. The molecular weight excluding hydrogens is 430 g/mol. The molecule has 182 valence electrons. The van der Waals surface area contributed by atoms with Crippen molar-refractivity contribution in [2.24, 2.45) is 0 Å². The van der Waals surface area contributed by atoms with Gasteiger partial charge in [-0.1, -0.05) is 30.5 Å². The van der Waals surface area contributed by atoms with Crippen LogP contribution >= 0.6 is 0 Å². The van der Waals surface area contributed by atoms with Crippen LogP contribution in [0.15, 0.2) is 41.5 Å². The summed E-state index contributed by atoms with van der Waals surface area (Å²) in [6, 6.07) is 7.96. The van der Waals surface area contributed by atoms with Crippen LogP contribution in [0.2, 0.25) is 0 Å². The molecule has 2 heterocycles. The average molecular weight is 466 g/mol. The minimum atomic E-state index is -0.471. The number of rotatable bonds is 7. The standard InChI is InChI=1S/C27H35N3O4/c1-20-10-12-22(13-11-20)34-17-16-28(2)26(32)23-18-30(21-8-4-5-9-21)19-24(25(23)31)27(33)29-14-6-3-7-15-29/h10-13,18-19,21H,3-9,14-17H2,1-2H3. The predicted molar refractivity (Wildman–Crippen MR) is 132 cm³/mol. The van der Waals surface area contributed by atoms with Crippen molar-refractivity contribution in [3.05, 3.63) is 63.6 Å². The highest BCUT2D eigenvalue weighted by molar-refractivity contribution is 5.99. The first-order chi connectivity index (χ1) is 16.4. The molecule has 1 aromatic carbocycles. The van der Waals surface area contributed by atoms with E-state index in [-0.39, 0.29) is 29.0 Å². The molecule has 1 saturated carbocycles. The first kappa shape index (κ1) is 24.0. The summed E-state index contributed by atoms with van der Waals surface area (Å²) in [6.45, 7) is 3.99. The first-order valence-electron chi connectivity index (χ1n) is 12.4. The molecule has 1 aliphatic heterocycles. The van der Waals surface area contributed by atoms with Gasteiger partial charge in [0.15, 0.2) is 0 Å². The Hall–Kier alpha value is -3.09. The van der Waals surface area contributed by atoms with Crippen LogP contribution in [0.4, 0.5) is 0 Å². The second-order valence-electron chi connectivity index (χ2n) is 9.54. The van der Waals surface area contributed by atoms with Crippen molar-refractivity contribution in [2.75, 3.05) is 33.3 Å². The van der Waals surface area contributed by atoms with Crippen LogP contribution in [-0.4, -0.2) is 59.5 Å². The Labute approximate surface area is 201 Å². The van der Waals surface area contributed by atoms with E-state index in [0.29, 0.717) is 26.2 Å². The van der Waals surface area contributed by atoms with Gasteiger partial charge in [0.1, 0.15) is 23.5 Å². The molecule has 2 aliphatic rings. The molecule has 0 unspecified atom stereocenters. The van der Waals surface area contributed by atoms with Crippen LogP contribution < -0.4 is 10.2 Å². The summed E-state index contributed by atoms with van der Waals surface area (Å²) < 4.78 is 7.70. The van der Waals surface area contributed by atoms with Gasteiger partial charge in [0.2, 0.25) is 5.43 Å². The molecule has 34 heavy (non-hydrogen) atoms. The predicted octanol–water partition coefficient (Wildman–Crippen LogP) is 4.05. The summed E-state index contributed by atoms with van der Waals surface area (Å²) in [5.74, 6) is 0.109. The molecule has 2 aromatic rings. The third-order valence-electron chi connectivity index (χ3n) is 6.96. The van der Waals surface area contributed by atoms with Crippen molar-refractivity contribution < 1.29 is 14.3 Å². The lowest BCUT2D eigenvalue weighted by atomic mass is 10.1. The number of likely N-dealkylation sites (N-methyl/N-ethyl adjacent to an activating group) is 1. The van der Waals surface area contributed by atoms with Gasteiger partial charge in [-0.25, -0.2) is 0 Å². The number of pyridine rings is 1. The second kappa shape index (κ2) is 10.9. The molecule has 0 spiro atoms. The average Bonchev–Trinajstić information content (AvgIpc) is 3.40. The summed E-state index contributed by atoms with van der Waals surface area (Å²) in [4.78, 5) is 43.2. The zero-order valence-electron chi connectivity index (χ0n) is 20.3. The highest BCUT2D eigenvalue weighted by Gasteiger charge is 2.27. The zero-order valence-corrected chi connectivity index (χ0v) is 20.3. The molecule has 1 aromatic heterocycles. The molecule has 1 saturated heterocycles. The van der Waals surface area contributed by atoms with Gasteiger partial charge in [-0.2, -0.15) is 0 Å². The van der Waals surface area contributed by atoms with E-state index in [9.17, 15) is 14.4 Å². The topological polar surface area (TPSA) is 71.8 Å². The molecule has 2 fully saturated rings. The fourth-order valence-electron chi connectivity index (χ4n) is 4.83. The summed E-state index contributed by atoms with van der Waals surface area (Å²) in [5.41, 5.74) is 0.856. The number of piperidine rings is 1. The smallest absolute Gasteiger partial charge is 0.259 e. The van der Waals surface area contributed by atoms with Crippen molar-refractivity contribution in [3.8, 4) is 5.75 Å². The lowest BCUT2D eigenvalue weighted by Gasteiger charge is -2.27.